The number of sulfonamides is 1. The predicted molar refractivity (Wildman–Crippen MR) is 117 cm³/mol. The van der Waals surface area contributed by atoms with Crippen molar-refractivity contribution in [3.8, 4) is 27.6 Å². The van der Waals surface area contributed by atoms with Crippen LogP contribution in [-0.4, -0.2) is 20.5 Å². The van der Waals surface area contributed by atoms with Gasteiger partial charge in [-0.2, -0.15) is 0 Å². The highest BCUT2D eigenvalue weighted by atomic mass is 32.2. The average Bonchev–Trinajstić information content (AvgIpc) is 3.25. The minimum atomic E-state index is -3.96. The number of anilines is 1. The number of benzene rings is 3. The van der Waals surface area contributed by atoms with E-state index in [1.165, 1.54) is 30.6 Å². The van der Waals surface area contributed by atoms with Gasteiger partial charge in [-0.25, -0.2) is 17.8 Å². The molecule has 30 heavy (non-hydrogen) atoms. The molecular formula is C22H17FN2O3S2. The van der Waals surface area contributed by atoms with Gasteiger partial charge in [-0.1, -0.05) is 42.5 Å². The number of hydrogen-bond donors (Lipinski definition) is 1. The Hall–Kier alpha value is -3.23. The Kier molecular flexibility index (Phi) is 5.52. The van der Waals surface area contributed by atoms with E-state index < -0.39 is 15.8 Å². The van der Waals surface area contributed by atoms with Crippen molar-refractivity contribution in [3.05, 3.63) is 84.0 Å². The fraction of sp³-hybridized carbons (Fsp3) is 0.0455. The number of nitrogens with zero attached hydrogens (tertiary/aromatic N) is 1. The lowest BCUT2D eigenvalue weighted by Crippen LogP contribution is -2.13. The largest absolute Gasteiger partial charge is 0.494 e. The quantitative estimate of drug-likeness (QED) is 0.434. The number of thiazole rings is 1. The van der Waals surface area contributed by atoms with Gasteiger partial charge in [0.2, 0.25) is 0 Å². The van der Waals surface area contributed by atoms with E-state index in [9.17, 15) is 12.8 Å². The summed E-state index contributed by atoms with van der Waals surface area (Å²) < 4.78 is 46.6. The van der Waals surface area contributed by atoms with Crippen LogP contribution in [0.25, 0.3) is 21.8 Å². The van der Waals surface area contributed by atoms with Crippen LogP contribution in [0.15, 0.2) is 83.1 Å². The zero-order chi connectivity index (χ0) is 21.1. The zero-order valence-corrected chi connectivity index (χ0v) is 17.5. The molecule has 4 rings (SSSR count). The summed E-state index contributed by atoms with van der Waals surface area (Å²) in [5, 5.41) is 2.81. The van der Waals surface area contributed by atoms with Crippen molar-refractivity contribution in [2.75, 3.05) is 11.8 Å². The van der Waals surface area contributed by atoms with Crippen LogP contribution in [-0.2, 0) is 10.0 Å². The molecule has 0 spiro atoms. The van der Waals surface area contributed by atoms with E-state index in [1.54, 1.807) is 18.2 Å². The maximum atomic E-state index is 13.9. The fourth-order valence-corrected chi connectivity index (χ4v) is 4.79. The van der Waals surface area contributed by atoms with Gasteiger partial charge in [0.1, 0.15) is 5.01 Å². The summed E-state index contributed by atoms with van der Waals surface area (Å²) >= 11 is 1.52. The molecule has 152 valence electrons. The van der Waals surface area contributed by atoms with Gasteiger partial charge in [-0.05, 0) is 30.3 Å². The number of halogens is 1. The highest BCUT2D eigenvalue weighted by Crippen LogP contribution is 2.30. The van der Waals surface area contributed by atoms with Crippen LogP contribution in [0.5, 0.6) is 5.75 Å². The highest BCUT2D eigenvalue weighted by molar-refractivity contribution is 7.92. The monoisotopic (exact) mass is 440 g/mol. The molecule has 0 aliphatic rings. The SMILES string of the molecule is COc1ccc(S(=O)(=O)Nc2cccc(-c3csc(-c4ccccc4)n3)c2)cc1F. The maximum Gasteiger partial charge on any atom is 0.262 e. The van der Waals surface area contributed by atoms with E-state index in [1.807, 2.05) is 41.8 Å². The van der Waals surface area contributed by atoms with Crippen LogP contribution >= 0.6 is 11.3 Å². The smallest absolute Gasteiger partial charge is 0.262 e. The highest BCUT2D eigenvalue weighted by Gasteiger charge is 2.17. The van der Waals surface area contributed by atoms with E-state index in [0.29, 0.717) is 5.69 Å². The Labute approximate surface area is 177 Å². The lowest BCUT2D eigenvalue weighted by Gasteiger charge is -2.10. The molecule has 0 unspecified atom stereocenters. The summed E-state index contributed by atoms with van der Waals surface area (Å²) in [6.45, 7) is 0. The van der Waals surface area contributed by atoms with Gasteiger partial charge >= 0.3 is 0 Å². The van der Waals surface area contributed by atoms with Crippen molar-refractivity contribution >= 4 is 27.0 Å². The van der Waals surface area contributed by atoms with Crippen LogP contribution in [0.3, 0.4) is 0 Å². The van der Waals surface area contributed by atoms with Crippen LogP contribution in [0.2, 0.25) is 0 Å². The Bertz CT molecular complexity index is 1290. The van der Waals surface area contributed by atoms with Gasteiger partial charge in [0, 0.05) is 22.2 Å². The molecule has 0 saturated carbocycles. The first-order valence-electron chi connectivity index (χ1n) is 8.94. The molecule has 4 aromatic rings. The Morgan fingerprint density at radius 1 is 0.967 bits per heavy atom. The first-order chi connectivity index (χ1) is 14.5. The third kappa shape index (κ3) is 4.19. The Balaban J connectivity index is 1.60. The molecule has 8 heteroatoms. The molecule has 1 heterocycles. The van der Waals surface area contributed by atoms with Gasteiger partial charge < -0.3 is 4.74 Å². The molecule has 1 aromatic heterocycles. The number of ether oxygens (including phenoxy) is 1. The van der Waals surface area contributed by atoms with Crippen molar-refractivity contribution in [3.63, 3.8) is 0 Å². The van der Waals surface area contributed by atoms with E-state index in [0.717, 1.165) is 27.9 Å². The lowest BCUT2D eigenvalue weighted by atomic mass is 10.1. The normalized spacial score (nSPS) is 11.3. The van der Waals surface area contributed by atoms with Gasteiger partial charge in [0.05, 0.1) is 17.7 Å². The van der Waals surface area contributed by atoms with Crippen LogP contribution < -0.4 is 9.46 Å². The summed E-state index contributed by atoms with van der Waals surface area (Å²) in [4.78, 5) is 4.47. The standard InChI is InChI=1S/C22H17FN2O3S2/c1-28-21-11-10-18(13-19(21)23)30(26,27)25-17-9-5-8-16(12-17)20-14-29-22(24-20)15-6-3-2-4-7-15/h2-14,25H,1H3. The zero-order valence-electron chi connectivity index (χ0n) is 15.9. The first-order valence-corrected chi connectivity index (χ1v) is 11.3. The molecule has 0 atom stereocenters. The van der Waals surface area contributed by atoms with Gasteiger partial charge in [0.15, 0.2) is 11.6 Å². The number of aromatic nitrogens is 1. The van der Waals surface area contributed by atoms with E-state index in [-0.39, 0.29) is 10.6 Å². The molecule has 0 fully saturated rings. The molecule has 3 aromatic carbocycles. The third-order valence-corrected chi connectivity index (χ3v) is 6.64. The average molecular weight is 441 g/mol. The number of hydrogen-bond acceptors (Lipinski definition) is 5. The van der Waals surface area contributed by atoms with E-state index >= 15 is 0 Å². The molecule has 0 amide bonds. The molecule has 0 radical (unpaired) electrons. The molecule has 0 aliphatic heterocycles. The minimum absolute atomic E-state index is 0.0197. The molecule has 0 aliphatic carbocycles. The topological polar surface area (TPSA) is 68.3 Å². The van der Waals surface area contributed by atoms with Crippen molar-refractivity contribution in [2.24, 2.45) is 0 Å². The Morgan fingerprint density at radius 3 is 2.47 bits per heavy atom. The number of methoxy groups -OCH3 is 1. The molecular weight excluding hydrogens is 423 g/mol. The fourth-order valence-electron chi connectivity index (χ4n) is 2.89. The molecule has 0 bridgehead atoms. The van der Waals surface area contributed by atoms with Gasteiger partial charge in [0.25, 0.3) is 10.0 Å². The van der Waals surface area contributed by atoms with Gasteiger partial charge in [-0.3, -0.25) is 4.72 Å². The molecule has 5 nitrogen and oxygen atoms in total. The second-order valence-electron chi connectivity index (χ2n) is 6.39. The Morgan fingerprint density at radius 2 is 1.73 bits per heavy atom. The van der Waals surface area contributed by atoms with Crippen LogP contribution in [0, 0.1) is 5.82 Å². The lowest BCUT2D eigenvalue weighted by molar-refractivity contribution is 0.385. The molecule has 1 N–H and O–H groups in total. The summed E-state index contributed by atoms with van der Waals surface area (Å²) in [5.74, 6) is -0.765. The summed E-state index contributed by atoms with van der Waals surface area (Å²) in [6, 6.07) is 20.2. The van der Waals surface area contributed by atoms with Crippen molar-refractivity contribution in [1.82, 2.24) is 4.98 Å². The second kappa shape index (κ2) is 8.25. The second-order valence-corrected chi connectivity index (χ2v) is 8.93. The van der Waals surface area contributed by atoms with Crippen LogP contribution in [0.1, 0.15) is 0 Å². The minimum Gasteiger partial charge on any atom is -0.494 e. The van der Waals surface area contributed by atoms with E-state index in [2.05, 4.69) is 9.71 Å². The maximum absolute atomic E-state index is 13.9. The predicted octanol–water partition coefficient (Wildman–Crippen LogP) is 5.43. The van der Waals surface area contributed by atoms with Crippen molar-refractivity contribution in [1.29, 1.82) is 0 Å². The van der Waals surface area contributed by atoms with Gasteiger partial charge in [-0.15, -0.1) is 11.3 Å². The van der Waals surface area contributed by atoms with E-state index in [4.69, 9.17) is 4.74 Å². The number of rotatable bonds is 6. The van der Waals surface area contributed by atoms with Crippen molar-refractivity contribution in [2.45, 2.75) is 4.90 Å². The molecule has 0 saturated heterocycles. The third-order valence-electron chi connectivity index (χ3n) is 4.37. The number of nitrogens with one attached hydrogen (secondary N) is 1. The summed E-state index contributed by atoms with van der Waals surface area (Å²) in [7, 11) is -2.64. The first kappa shape index (κ1) is 20.1. The summed E-state index contributed by atoms with van der Waals surface area (Å²) in [6.07, 6.45) is 0. The van der Waals surface area contributed by atoms with Crippen LogP contribution in [0.4, 0.5) is 10.1 Å². The summed E-state index contributed by atoms with van der Waals surface area (Å²) in [5.41, 5.74) is 2.90. The van der Waals surface area contributed by atoms with Crippen molar-refractivity contribution < 1.29 is 17.5 Å².